The van der Waals surface area contributed by atoms with Crippen molar-refractivity contribution in [2.24, 2.45) is 0 Å². The van der Waals surface area contributed by atoms with Crippen LogP contribution in [0.15, 0.2) is 48.5 Å². The molecule has 0 aliphatic carbocycles. The molecule has 24 heavy (non-hydrogen) atoms. The Morgan fingerprint density at radius 1 is 1.17 bits per heavy atom. The first-order chi connectivity index (χ1) is 11.7. The highest BCUT2D eigenvalue weighted by Crippen LogP contribution is 2.41. The second-order valence-electron chi connectivity index (χ2n) is 6.71. The third-order valence-corrected chi connectivity index (χ3v) is 5.40. The third-order valence-electron chi connectivity index (χ3n) is 5.40. The maximum absolute atomic E-state index is 12.0. The van der Waals surface area contributed by atoms with Gasteiger partial charge in [-0.05, 0) is 29.2 Å². The minimum atomic E-state index is -0.0890. The molecule has 2 saturated heterocycles. The number of aliphatic hydroxyl groups excluding tert-OH is 1. The highest BCUT2D eigenvalue weighted by atomic mass is 16.3. The van der Waals surface area contributed by atoms with E-state index in [4.69, 9.17) is 0 Å². The number of hydrogen-bond acceptors (Lipinski definition) is 3. The maximum atomic E-state index is 12.0. The molecule has 2 heterocycles. The number of nitrogens with one attached hydrogen (secondary N) is 1. The lowest BCUT2D eigenvalue weighted by Gasteiger charge is -2.57. The monoisotopic (exact) mass is 322 g/mol. The molecule has 0 bridgehead atoms. The SMILES string of the molecule is Cc1ccccc1-c1ccc([C@H]2[C@@H](CO)N3C(=O)CNC[C@H]23)cc1. The summed E-state index contributed by atoms with van der Waals surface area (Å²) in [6.07, 6.45) is 0. The number of amides is 1. The van der Waals surface area contributed by atoms with Crippen molar-refractivity contribution in [1.82, 2.24) is 10.2 Å². The van der Waals surface area contributed by atoms with Gasteiger partial charge in [0.2, 0.25) is 5.91 Å². The number of piperazine rings is 1. The van der Waals surface area contributed by atoms with Gasteiger partial charge in [0.1, 0.15) is 0 Å². The van der Waals surface area contributed by atoms with Crippen molar-refractivity contribution in [2.45, 2.75) is 24.9 Å². The number of rotatable bonds is 3. The van der Waals surface area contributed by atoms with Crippen molar-refractivity contribution in [2.75, 3.05) is 19.7 Å². The highest BCUT2D eigenvalue weighted by Gasteiger charge is 2.52. The number of benzene rings is 2. The quantitative estimate of drug-likeness (QED) is 0.908. The van der Waals surface area contributed by atoms with Crippen LogP contribution in [0.4, 0.5) is 0 Å². The van der Waals surface area contributed by atoms with Gasteiger partial charge in [-0.3, -0.25) is 4.79 Å². The van der Waals surface area contributed by atoms with Crippen LogP contribution in [0.3, 0.4) is 0 Å². The molecule has 4 nitrogen and oxygen atoms in total. The molecular weight excluding hydrogens is 300 g/mol. The number of carbonyl (C=O) groups is 1. The second kappa shape index (κ2) is 6.04. The lowest BCUT2D eigenvalue weighted by atomic mass is 9.74. The molecule has 4 rings (SSSR count). The van der Waals surface area contributed by atoms with Gasteiger partial charge in [0, 0.05) is 12.5 Å². The number of aryl methyl sites for hydroxylation is 1. The first kappa shape index (κ1) is 15.4. The minimum absolute atomic E-state index is 0.0203. The average Bonchev–Trinajstić information content (AvgIpc) is 2.58. The van der Waals surface area contributed by atoms with Gasteiger partial charge in [-0.15, -0.1) is 0 Å². The Balaban J connectivity index is 1.61. The summed E-state index contributed by atoms with van der Waals surface area (Å²) >= 11 is 0. The Bertz CT molecular complexity index is 750. The standard InChI is InChI=1S/C20H22N2O2/c1-13-4-2-3-5-16(13)14-6-8-15(9-7-14)20-17-10-21-11-19(24)22(17)18(20)12-23/h2-9,17-18,20-21,23H,10-12H2,1H3/t17-,18-,20-/m1/s1. The Morgan fingerprint density at radius 2 is 1.92 bits per heavy atom. The zero-order valence-electron chi connectivity index (χ0n) is 13.8. The van der Waals surface area contributed by atoms with Gasteiger partial charge in [-0.2, -0.15) is 0 Å². The molecule has 124 valence electrons. The predicted molar refractivity (Wildman–Crippen MR) is 93.7 cm³/mol. The summed E-state index contributed by atoms with van der Waals surface area (Å²) in [5, 5.41) is 12.9. The smallest absolute Gasteiger partial charge is 0.237 e. The fraction of sp³-hybridized carbons (Fsp3) is 0.350. The summed E-state index contributed by atoms with van der Waals surface area (Å²) in [7, 11) is 0. The Morgan fingerprint density at radius 3 is 2.62 bits per heavy atom. The van der Waals surface area contributed by atoms with Gasteiger partial charge in [-0.25, -0.2) is 0 Å². The molecular formula is C20H22N2O2. The molecule has 0 spiro atoms. The minimum Gasteiger partial charge on any atom is -0.394 e. The van der Waals surface area contributed by atoms with Gasteiger partial charge in [0.25, 0.3) is 0 Å². The number of nitrogens with zero attached hydrogens (tertiary/aromatic N) is 1. The molecule has 2 aliphatic rings. The first-order valence-corrected chi connectivity index (χ1v) is 8.49. The third kappa shape index (κ3) is 2.34. The fourth-order valence-corrected chi connectivity index (χ4v) is 4.19. The van der Waals surface area contributed by atoms with E-state index in [1.54, 1.807) is 0 Å². The van der Waals surface area contributed by atoms with E-state index in [-0.39, 0.29) is 30.5 Å². The molecule has 3 atom stereocenters. The summed E-state index contributed by atoms with van der Waals surface area (Å²) in [6.45, 7) is 3.32. The number of fused-ring (bicyclic) bond motifs is 1. The van der Waals surface area contributed by atoms with Gasteiger partial charge in [-0.1, -0.05) is 48.5 Å². The van der Waals surface area contributed by atoms with Crippen LogP contribution in [0, 0.1) is 6.92 Å². The molecule has 2 fully saturated rings. The lowest BCUT2D eigenvalue weighted by Crippen LogP contribution is -2.72. The molecule has 2 N–H and O–H groups in total. The average molecular weight is 322 g/mol. The maximum Gasteiger partial charge on any atom is 0.237 e. The molecule has 0 unspecified atom stereocenters. The van der Waals surface area contributed by atoms with Crippen LogP contribution in [0.2, 0.25) is 0 Å². The van der Waals surface area contributed by atoms with E-state index in [0.29, 0.717) is 6.54 Å². The van der Waals surface area contributed by atoms with Crippen LogP contribution in [0.5, 0.6) is 0 Å². The van der Waals surface area contributed by atoms with Gasteiger partial charge < -0.3 is 15.3 Å². The summed E-state index contributed by atoms with van der Waals surface area (Å²) in [5.41, 5.74) is 4.90. The normalized spacial score (nSPS) is 26.0. The van der Waals surface area contributed by atoms with Crippen LogP contribution < -0.4 is 5.32 Å². The zero-order chi connectivity index (χ0) is 16.7. The van der Waals surface area contributed by atoms with Crippen molar-refractivity contribution in [3.05, 3.63) is 59.7 Å². The van der Waals surface area contributed by atoms with E-state index in [1.165, 1.54) is 22.3 Å². The van der Waals surface area contributed by atoms with Crippen molar-refractivity contribution in [3.8, 4) is 11.1 Å². The van der Waals surface area contributed by atoms with E-state index in [9.17, 15) is 9.90 Å². The van der Waals surface area contributed by atoms with Crippen molar-refractivity contribution < 1.29 is 9.90 Å². The number of aliphatic hydroxyl groups is 1. The second-order valence-corrected chi connectivity index (χ2v) is 6.71. The van der Waals surface area contributed by atoms with E-state index >= 15 is 0 Å². The largest absolute Gasteiger partial charge is 0.394 e. The van der Waals surface area contributed by atoms with Crippen molar-refractivity contribution >= 4 is 5.91 Å². The van der Waals surface area contributed by atoms with Crippen LogP contribution in [-0.4, -0.2) is 47.7 Å². The van der Waals surface area contributed by atoms with Crippen LogP contribution in [0.25, 0.3) is 11.1 Å². The molecule has 2 aromatic carbocycles. The molecule has 0 aromatic heterocycles. The fourth-order valence-electron chi connectivity index (χ4n) is 4.19. The highest BCUT2D eigenvalue weighted by molar-refractivity contribution is 5.81. The molecule has 0 radical (unpaired) electrons. The van der Waals surface area contributed by atoms with E-state index < -0.39 is 0 Å². The lowest BCUT2D eigenvalue weighted by molar-refractivity contribution is -0.153. The Kier molecular flexibility index (Phi) is 3.87. The Labute approximate surface area is 142 Å². The number of hydrogen-bond donors (Lipinski definition) is 2. The molecule has 4 heteroatoms. The van der Waals surface area contributed by atoms with Crippen LogP contribution in [-0.2, 0) is 4.79 Å². The van der Waals surface area contributed by atoms with E-state index in [1.807, 2.05) is 4.90 Å². The van der Waals surface area contributed by atoms with Crippen LogP contribution in [0.1, 0.15) is 17.0 Å². The molecule has 2 aliphatic heterocycles. The van der Waals surface area contributed by atoms with Crippen LogP contribution >= 0.6 is 0 Å². The summed E-state index contributed by atoms with van der Waals surface area (Å²) < 4.78 is 0. The van der Waals surface area contributed by atoms with Crippen molar-refractivity contribution in [1.29, 1.82) is 0 Å². The summed E-state index contributed by atoms with van der Waals surface area (Å²) in [5.74, 6) is 0.302. The van der Waals surface area contributed by atoms with Gasteiger partial charge in [0.05, 0.1) is 25.2 Å². The van der Waals surface area contributed by atoms with E-state index in [0.717, 1.165) is 6.54 Å². The Hall–Kier alpha value is -2.17. The van der Waals surface area contributed by atoms with E-state index in [2.05, 4.69) is 60.8 Å². The van der Waals surface area contributed by atoms with Crippen molar-refractivity contribution in [3.63, 3.8) is 0 Å². The number of carbonyl (C=O) groups excluding carboxylic acids is 1. The molecule has 0 saturated carbocycles. The van der Waals surface area contributed by atoms with Gasteiger partial charge >= 0.3 is 0 Å². The van der Waals surface area contributed by atoms with Gasteiger partial charge in [0.15, 0.2) is 0 Å². The first-order valence-electron chi connectivity index (χ1n) is 8.49. The summed E-state index contributed by atoms with van der Waals surface area (Å²) in [4.78, 5) is 13.9. The summed E-state index contributed by atoms with van der Waals surface area (Å²) in [6, 6.07) is 17.0. The predicted octanol–water partition coefficient (Wildman–Crippen LogP) is 1.92. The topological polar surface area (TPSA) is 52.6 Å². The molecule has 2 aromatic rings. The zero-order valence-corrected chi connectivity index (χ0v) is 13.8. The molecule has 1 amide bonds.